The summed E-state index contributed by atoms with van der Waals surface area (Å²) in [5.41, 5.74) is 1.12. The second-order valence-electron chi connectivity index (χ2n) is 6.88. The van der Waals surface area contributed by atoms with Crippen molar-refractivity contribution >= 4 is 6.03 Å². The van der Waals surface area contributed by atoms with Gasteiger partial charge in [-0.05, 0) is 42.2 Å². The molecule has 2 aromatic rings. The van der Waals surface area contributed by atoms with Gasteiger partial charge in [-0.15, -0.1) is 0 Å². The molecule has 0 spiro atoms. The zero-order valence-corrected chi connectivity index (χ0v) is 15.3. The third kappa shape index (κ3) is 4.49. The van der Waals surface area contributed by atoms with Gasteiger partial charge in [-0.3, -0.25) is 0 Å². The summed E-state index contributed by atoms with van der Waals surface area (Å²) in [6, 6.07) is 7.62. The van der Waals surface area contributed by atoms with E-state index in [0.29, 0.717) is 17.5 Å². The molecular weight excluding hydrogens is 398 g/mol. The average Bonchev–Trinajstić information content (AvgIpc) is 2.65. The van der Waals surface area contributed by atoms with E-state index in [-0.39, 0.29) is 6.54 Å². The molecule has 0 saturated heterocycles. The van der Waals surface area contributed by atoms with Gasteiger partial charge in [0.1, 0.15) is 6.04 Å². The van der Waals surface area contributed by atoms with Gasteiger partial charge in [0.15, 0.2) is 0 Å². The van der Waals surface area contributed by atoms with E-state index in [1.54, 1.807) is 18.2 Å². The molecule has 2 amide bonds. The van der Waals surface area contributed by atoms with E-state index in [1.807, 2.05) is 11.4 Å². The summed E-state index contributed by atoms with van der Waals surface area (Å²) < 4.78 is 77.2. The van der Waals surface area contributed by atoms with Crippen molar-refractivity contribution in [2.75, 3.05) is 6.54 Å². The lowest BCUT2D eigenvalue weighted by Crippen LogP contribution is -2.52. The summed E-state index contributed by atoms with van der Waals surface area (Å²) in [5.74, 6) is 0. The molecule has 0 aromatic heterocycles. The molecule has 3 rings (SSSR count). The highest BCUT2D eigenvalue weighted by Gasteiger charge is 2.40. The fourth-order valence-corrected chi connectivity index (χ4v) is 3.35. The summed E-state index contributed by atoms with van der Waals surface area (Å²) in [6.45, 7) is 0.974. The minimum Gasteiger partial charge on any atom is -0.326 e. The van der Waals surface area contributed by atoms with Crippen molar-refractivity contribution in [1.82, 2.24) is 10.2 Å². The number of urea groups is 1. The summed E-state index contributed by atoms with van der Waals surface area (Å²) in [7, 11) is 0. The van der Waals surface area contributed by atoms with Gasteiger partial charge in [0.05, 0.1) is 11.6 Å². The molecule has 2 atom stereocenters. The van der Waals surface area contributed by atoms with E-state index in [2.05, 4.69) is 0 Å². The Balaban J connectivity index is 1.97. The van der Waals surface area contributed by atoms with Crippen LogP contribution in [0.5, 0.6) is 0 Å². The van der Waals surface area contributed by atoms with Crippen molar-refractivity contribution in [3.05, 3.63) is 70.8 Å². The molecule has 1 heterocycles. The van der Waals surface area contributed by atoms with Gasteiger partial charge >= 0.3 is 18.4 Å². The first-order chi connectivity index (χ1) is 13.5. The summed E-state index contributed by atoms with van der Waals surface area (Å²) in [6.07, 6.45) is -8.68. The van der Waals surface area contributed by atoms with Crippen LogP contribution in [0.15, 0.2) is 48.5 Å². The van der Waals surface area contributed by atoms with Gasteiger partial charge in [-0.1, -0.05) is 36.4 Å². The van der Waals surface area contributed by atoms with Crippen molar-refractivity contribution in [2.24, 2.45) is 0 Å². The molecule has 29 heavy (non-hydrogen) atoms. The number of halogens is 6. The topological polar surface area (TPSA) is 32.3 Å². The molecule has 156 valence electrons. The largest absolute Gasteiger partial charge is 0.416 e. The molecule has 0 radical (unpaired) electrons. The van der Waals surface area contributed by atoms with Crippen LogP contribution in [-0.2, 0) is 12.6 Å². The van der Waals surface area contributed by atoms with Crippen LogP contribution in [0.25, 0.3) is 0 Å². The van der Waals surface area contributed by atoms with Gasteiger partial charge in [0, 0.05) is 6.54 Å². The van der Waals surface area contributed by atoms with E-state index in [4.69, 9.17) is 0 Å². The fourth-order valence-electron chi connectivity index (χ4n) is 3.35. The smallest absolute Gasteiger partial charge is 0.326 e. The number of carbonyl (C=O) groups excluding carboxylic acids is 1. The van der Waals surface area contributed by atoms with Crippen LogP contribution >= 0.6 is 0 Å². The van der Waals surface area contributed by atoms with Crippen molar-refractivity contribution in [3.63, 3.8) is 0 Å². The predicted molar refractivity (Wildman–Crippen MR) is 94.2 cm³/mol. The Labute approximate surface area is 163 Å². The van der Waals surface area contributed by atoms with E-state index >= 15 is 0 Å². The van der Waals surface area contributed by atoms with E-state index in [0.717, 1.165) is 24.6 Å². The number of hydrogen-bond acceptors (Lipinski definition) is 1. The maximum absolute atomic E-state index is 12.9. The third-order valence-corrected chi connectivity index (χ3v) is 4.93. The van der Waals surface area contributed by atoms with Gasteiger partial charge in [-0.2, -0.15) is 26.3 Å². The fraction of sp³-hybridized carbons (Fsp3) is 0.350. The SMILES string of the molecule is C[C@H](NC(=O)N1CCc2ccccc2[C@H]1c1ccc(C(F)(F)F)cc1)C(F)(F)F. The van der Waals surface area contributed by atoms with Gasteiger partial charge in [0.25, 0.3) is 0 Å². The number of nitrogens with one attached hydrogen (secondary N) is 1. The van der Waals surface area contributed by atoms with E-state index in [1.165, 1.54) is 17.0 Å². The molecule has 3 nitrogen and oxygen atoms in total. The first-order valence-electron chi connectivity index (χ1n) is 8.87. The number of amides is 2. The molecule has 2 aromatic carbocycles. The monoisotopic (exact) mass is 416 g/mol. The Morgan fingerprint density at radius 1 is 1.03 bits per heavy atom. The highest BCUT2D eigenvalue weighted by atomic mass is 19.4. The maximum atomic E-state index is 12.9. The third-order valence-electron chi connectivity index (χ3n) is 4.93. The van der Waals surface area contributed by atoms with E-state index in [9.17, 15) is 31.1 Å². The van der Waals surface area contributed by atoms with Crippen molar-refractivity contribution < 1.29 is 31.1 Å². The number of alkyl halides is 6. The lowest BCUT2D eigenvalue weighted by molar-refractivity contribution is -0.149. The van der Waals surface area contributed by atoms with Crippen LogP contribution in [0.1, 0.15) is 35.2 Å². The van der Waals surface area contributed by atoms with Crippen LogP contribution < -0.4 is 5.32 Å². The number of carbonyl (C=O) groups is 1. The summed E-state index contributed by atoms with van der Waals surface area (Å²) >= 11 is 0. The normalized spacial score (nSPS) is 18.2. The number of hydrogen-bond donors (Lipinski definition) is 1. The van der Waals surface area contributed by atoms with Gasteiger partial charge in [-0.25, -0.2) is 4.79 Å². The first kappa shape index (κ1) is 21.0. The Bertz CT molecular complexity index is 876. The quantitative estimate of drug-likeness (QED) is 0.661. The Morgan fingerprint density at radius 3 is 2.24 bits per heavy atom. The molecule has 1 aliphatic rings. The zero-order valence-electron chi connectivity index (χ0n) is 15.3. The lowest BCUT2D eigenvalue weighted by Gasteiger charge is -2.38. The van der Waals surface area contributed by atoms with Crippen LogP contribution in [0, 0.1) is 0 Å². The Kier molecular flexibility index (Phi) is 5.51. The summed E-state index contributed by atoms with van der Waals surface area (Å²) in [4.78, 5) is 13.8. The first-order valence-corrected chi connectivity index (χ1v) is 8.87. The average molecular weight is 416 g/mol. The predicted octanol–water partition coefficient (Wildman–Crippen LogP) is 5.31. The minimum atomic E-state index is -4.60. The zero-order chi connectivity index (χ0) is 21.4. The number of benzene rings is 2. The van der Waals surface area contributed by atoms with Crippen LogP contribution in [0.3, 0.4) is 0 Å². The highest BCUT2D eigenvalue weighted by molar-refractivity contribution is 5.76. The lowest BCUT2D eigenvalue weighted by atomic mass is 9.88. The summed E-state index contributed by atoms with van der Waals surface area (Å²) in [5, 5.41) is 1.94. The van der Waals surface area contributed by atoms with Crippen molar-refractivity contribution in [3.8, 4) is 0 Å². The van der Waals surface area contributed by atoms with Crippen molar-refractivity contribution in [1.29, 1.82) is 0 Å². The Hall–Kier alpha value is -2.71. The standard InChI is InChI=1S/C20H18F6N2O/c1-12(19(21,22)23)27-18(29)28-11-10-13-4-2-3-5-16(13)17(28)14-6-8-15(9-7-14)20(24,25)26/h2-9,12,17H,10-11H2,1H3,(H,27,29)/t12-,17+/m0/s1. The molecule has 1 aliphatic heterocycles. The molecule has 9 heteroatoms. The van der Waals surface area contributed by atoms with Crippen molar-refractivity contribution in [2.45, 2.75) is 37.8 Å². The van der Waals surface area contributed by atoms with Crippen LogP contribution in [-0.4, -0.2) is 29.7 Å². The minimum absolute atomic E-state index is 0.138. The van der Waals surface area contributed by atoms with Crippen LogP contribution in [0.2, 0.25) is 0 Å². The maximum Gasteiger partial charge on any atom is 0.416 e. The van der Waals surface area contributed by atoms with Gasteiger partial charge < -0.3 is 10.2 Å². The number of nitrogens with zero attached hydrogens (tertiary/aromatic N) is 1. The number of rotatable bonds is 2. The molecule has 1 N–H and O–H groups in total. The van der Waals surface area contributed by atoms with Gasteiger partial charge in [0.2, 0.25) is 0 Å². The number of fused-ring (bicyclic) bond motifs is 1. The molecule has 0 aliphatic carbocycles. The van der Waals surface area contributed by atoms with E-state index < -0.39 is 36.0 Å². The Morgan fingerprint density at radius 2 is 1.66 bits per heavy atom. The molecule has 0 unspecified atom stereocenters. The molecule has 0 saturated carbocycles. The highest BCUT2D eigenvalue weighted by Crippen LogP contribution is 2.37. The molecule has 0 bridgehead atoms. The molecular formula is C20H18F6N2O. The second kappa shape index (κ2) is 7.61. The second-order valence-corrected chi connectivity index (χ2v) is 6.88. The molecule has 0 fully saturated rings. The van der Waals surface area contributed by atoms with Crippen LogP contribution in [0.4, 0.5) is 31.1 Å².